The Hall–Kier alpha value is -0.580. The van der Waals surface area contributed by atoms with Gasteiger partial charge in [-0.15, -0.1) is 11.6 Å². The zero-order valence-electron chi connectivity index (χ0n) is 10.1. The summed E-state index contributed by atoms with van der Waals surface area (Å²) in [5.74, 6) is 0. The maximum Gasteiger partial charge on any atom is 0.240 e. The van der Waals surface area contributed by atoms with E-state index in [1.165, 1.54) is 0 Å². The third-order valence-corrected chi connectivity index (χ3v) is 4.29. The number of aryl methyl sites for hydroxylation is 1. The first-order chi connectivity index (χ1) is 7.93. The molecule has 0 aliphatic rings. The van der Waals surface area contributed by atoms with E-state index in [-0.39, 0.29) is 5.38 Å². The number of rotatable bonds is 6. The summed E-state index contributed by atoms with van der Waals surface area (Å²) in [7, 11) is -3.38. The monoisotopic (exact) mass is 275 g/mol. The molecule has 0 aliphatic heterocycles. The van der Waals surface area contributed by atoms with Gasteiger partial charge in [-0.3, -0.25) is 0 Å². The van der Waals surface area contributed by atoms with E-state index in [0.29, 0.717) is 11.4 Å². The van der Waals surface area contributed by atoms with Crippen molar-refractivity contribution in [2.45, 2.75) is 37.0 Å². The predicted octanol–water partition coefficient (Wildman–Crippen LogP) is 2.68. The van der Waals surface area contributed by atoms with Crippen LogP contribution >= 0.6 is 11.6 Å². The Morgan fingerprint density at radius 2 is 2.00 bits per heavy atom. The van der Waals surface area contributed by atoms with Gasteiger partial charge in [-0.05, 0) is 38.3 Å². The molecule has 0 bridgehead atoms. The molecule has 0 aliphatic carbocycles. The molecule has 1 aromatic rings. The lowest BCUT2D eigenvalue weighted by Gasteiger charge is -2.09. The van der Waals surface area contributed by atoms with Crippen molar-refractivity contribution in [3.8, 4) is 0 Å². The minimum Gasteiger partial charge on any atom is -0.211 e. The maximum atomic E-state index is 12.0. The molecular formula is C12H18ClNO2S. The van der Waals surface area contributed by atoms with Gasteiger partial charge in [0.25, 0.3) is 0 Å². The summed E-state index contributed by atoms with van der Waals surface area (Å²) >= 11 is 5.79. The second-order valence-corrected chi connectivity index (χ2v) is 6.57. The van der Waals surface area contributed by atoms with Gasteiger partial charge < -0.3 is 0 Å². The number of hydrogen-bond acceptors (Lipinski definition) is 2. The first-order valence-electron chi connectivity index (χ1n) is 5.63. The highest BCUT2D eigenvalue weighted by atomic mass is 35.5. The Kier molecular flexibility index (Phi) is 5.43. The molecule has 96 valence electrons. The fourth-order valence-corrected chi connectivity index (χ4v) is 3.00. The average molecular weight is 276 g/mol. The van der Waals surface area contributed by atoms with Gasteiger partial charge in [-0.2, -0.15) is 0 Å². The van der Waals surface area contributed by atoms with E-state index in [1.54, 1.807) is 25.1 Å². The van der Waals surface area contributed by atoms with Gasteiger partial charge in [0.15, 0.2) is 0 Å². The molecule has 0 fully saturated rings. The highest BCUT2D eigenvalue weighted by molar-refractivity contribution is 7.89. The van der Waals surface area contributed by atoms with Crippen LogP contribution in [-0.2, 0) is 10.0 Å². The van der Waals surface area contributed by atoms with Crippen LogP contribution in [0.25, 0.3) is 0 Å². The average Bonchev–Trinajstić information content (AvgIpc) is 2.24. The molecule has 1 N–H and O–H groups in total. The van der Waals surface area contributed by atoms with E-state index in [1.807, 2.05) is 13.0 Å². The summed E-state index contributed by atoms with van der Waals surface area (Å²) in [6.45, 7) is 4.11. The number of nitrogens with one attached hydrogen (secondary N) is 1. The SMILES string of the molecule is Cc1ccccc1S(=O)(=O)NCCCC(C)Cl. The summed E-state index contributed by atoms with van der Waals surface area (Å²) in [6, 6.07) is 6.95. The summed E-state index contributed by atoms with van der Waals surface area (Å²) in [5.41, 5.74) is 0.755. The van der Waals surface area contributed by atoms with Crippen molar-refractivity contribution in [1.82, 2.24) is 4.72 Å². The normalized spacial score (nSPS) is 13.6. The molecule has 1 atom stereocenters. The zero-order chi connectivity index (χ0) is 12.9. The number of hydrogen-bond donors (Lipinski definition) is 1. The second-order valence-electron chi connectivity index (χ2n) is 4.09. The van der Waals surface area contributed by atoms with Crippen LogP contribution in [0.1, 0.15) is 25.3 Å². The fraction of sp³-hybridized carbons (Fsp3) is 0.500. The van der Waals surface area contributed by atoms with Crippen LogP contribution in [0.15, 0.2) is 29.2 Å². The molecule has 0 saturated heterocycles. The van der Waals surface area contributed by atoms with Gasteiger partial charge in [0.1, 0.15) is 0 Å². The number of alkyl halides is 1. The van der Waals surface area contributed by atoms with Crippen molar-refractivity contribution in [2.24, 2.45) is 0 Å². The highest BCUT2D eigenvalue weighted by Gasteiger charge is 2.15. The second kappa shape index (κ2) is 6.38. The van der Waals surface area contributed by atoms with Crippen LogP contribution in [0.5, 0.6) is 0 Å². The molecule has 5 heteroatoms. The molecule has 1 aromatic carbocycles. The van der Waals surface area contributed by atoms with Gasteiger partial charge in [-0.1, -0.05) is 18.2 Å². The van der Waals surface area contributed by atoms with Gasteiger partial charge in [0, 0.05) is 11.9 Å². The van der Waals surface area contributed by atoms with Gasteiger partial charge in [-0.25, -0.2) is 13.1 Å². The smallest absolute Gasteiger partial charge is 0.211 e. The van der Waals surface area contributed by atoms with E-state index in [2.05, 4.69) is 4.72 Å². The van der Waals surface area contributed by atoms with Crippen LogP contribution in [-0.4, -0.2) is 20.3 Å². The molecular weight excluding hydrogens is 258 g/mol. The molecule has 0 amide bonds. The van der Waals surface area contributed by atoms with E-state index in [9.17, 15) is 8.42 Å². The standard InChI is InChI=1S/C12H18ClNO2S/c1-10-6-3-4-8-12(10)17(15,16)14-9-5-7-11(2)13/h3-4,6,8,11,14H,5,7,9H2,1-2H3. The molecule has 1 unspecified atom stereocenters. The van der Waals surface area contributed by atoms with Crippen molar-refractivity contribution < 1.29 is 8.42 Å². The summed E-state index contributed by atoms with van der Waals surface area (Å²) in [4.78, 5) is 0.346. The largest absolute Gasteiger partial charge is 0.240 e. The number of sulfonamides is 1. The minimum absolute atomic E-state index is 0.0814. The van der Waals surface area contributed by atoms with E-state index < -0.39 is 10.0 Å². The van der Waals surface area contributed by atoms with Gasteiger partial charge in [0.2, 0.25) is 10.0 Å². The van der Waals surface area contributed by atoms with Crippen LogP contribution in [0.2, 0.25) is 0 Å². The quantitative estimate of drug-likeness (QED) is 0.641. The lowest BCUT2D eigenvalue weighted by molar-refractivity contribution is 0.575. The summed E-state index contributed by atoms with van der Waals surface area (Å²) in [5, 5.41) is 0.0814. The Bertz CT molecular complexity index is 457. The lowest BCUT2D eigenvalue weighted by Crippen LogP contribution is -2.25. The van der Waals surface area contributed by atoms with Gasteiger partial charge in [0.05, 0.1) is 4.90 Å². The Morgan fingerprint density at radius 3 is 2.59 bits per heavy atom. The van der Waals surface area contributed by atoms with Crippen molar-refractivity contribution >= 4 is 21.6 Å². The summed E-state index contributed by atoms with van der Waals surface area (Å²) < 4.78 is 26.5. The number of halogens is 1. The predicted molar refractivity (Wildman–Crippen MR) is 70.9 cm³/mol. The zero-order valence-corrected chi connectivity index (χ0v) is 11.7. The summed E-state index contributed by atoms with van der Waals surface area (Å²) in [6.07, 6.45) is 1.55. The van der Waals surface area contributed by atoms with Crippen LogP contribution < -0.4 is 4.72 Å². The molecule has 0 aromatic heterocycles. The Labute approximate surface area is 108 Å². The molecule has 0 spiro atoms. The minimum atomic E-state index is -3.38. The fourth-order valence-electron chi connectivity index (χ4n) is 1.53. The molecule has 3 nitrogen and oxygen atoms in total. The van der Waals surface area contributed by atoms with Crippen molar-refractivity contribution in [1.29, 1.82) is 0 Å². The molecule has 0 saturated carbocycles. The highest BCUT2D eigenvalue weighted by Crippen LogP contribution is 2.13. The van der Waals surface area contributed by atoms with Crippen LogP contribution in [0, 0.1) is 6.92 Å². The topological polar surface area (TPSA) is 46.2 Å². The maximum absolute atomic E-state index is 12.0. The molecule has 17 heavy (non-hydrogen) atoms. The molecule has 0 radical (unpaired) electrons. The first-order valence-corrected chi connectivity index (χ1v) is 7.55. The van der Waals surface area contributed by atoms with Crippen LogP contribution in [0.4, 0.5) is 0 Å². The van der Waals surface area contributed by atoms with Crippen molar-refractivity contribution in [3.63, 3.8) is 0 Å². The van der Waals surface area contributed by atoms with Crippen molar-refractivity contribution in [3.05, 3.63) is 29.8 Å². The van der Waals surface area contributed by atoms with Crippen molar-refractivity contribution in [2.75, 3.05) is 6.54 Å². The third-order valence-electron chi connectivity index (χ3n) is 2.45. The number of benzene rings is 1. The van der Waals surface area contributed by atoms with E-state index >= 15 is 0 Å². The third kappa shape index (κ3) is 4.66. The Balaban J connectivity index is 2.61. The molecule has 1 rings (SSSR count). The van der Waals surface area contributed by atoms with Crippen LogP contribution in [0.3, 0.4) is 0 Å². The van der Waals surface area contributed by atoms with E-state index in [0.717, 1.165) is 18.4 Å². The Morgan fingerprint density at radius 1 is 1.35 bits per heavy atom. The van der Waals surface area contributed by atoms with E-state index in [4.69, 9.17) is 11.6 Å². The van der Waals surface area contributed by atoms with Gasteiger partial charge >= 0.3 is 0 Å². The lowest BCUT2D eigenvalue weighted by atomic mass is 10.2. The first kappa shape index (κ1) is 14.5. The molecule has 0 heterocycles.